The number of alkyl halides is 3. The number of anilines is 1. The monoisotopic (exact) mass is 615 g/mol. The Kier molecular flexibility index (Phi) is 7.55. The van der Waals surface area contributed by atoms with Crippen LogP contribution in [0.15, 0.2) is 54.7 Å². The van der Waals surface area contributed by atoms with Gasteiger partial charge in [0.2, 0.25) is 12.5 Å². The molecule has 43 heavy (non-hydrogen) atoms. The third kappa shape index (κ3) is 5.54. The van der Waals surface area contributed by atoms with Crippen molar-refractivity contribution in [3.05, 3.63) is 65.9 Å². The van der Waals surface area contributed by atoms with Gasteiger partial charge in [0.1, 0.15) is 5.75 Å². The molecule has 3 aliphatic heterocycles. The molecule has 0 unspecified atom stereocenters. The fourth-order valence-corrected chi connectivity index (χ4v) is 6.12. The number of phenols is 1. The molecule has 1 N–H and O–H groups in total. The Bertz CT molecular complexity index is 1680. The molecule has 3 aromatic carbocycles. The lowest BCUT2D eigenvalue weighted by Crippen LogP contribution is -3.00. The molecular formula is C31H29ClF3N3O5. The van der Waals surface area contributed by atoms with Crippen LogP contribution in [-0.4, -0.2) is 56.5 Å². The van der Waals surface area contributed by atoms with Crippen molar-refractivity contribution in [3.8, 4) is 40.0 Å². The van der Waals surface area contributed by atoms with E-state index in [9.17, 15) is 18.3 Å². The van der Waals surface area contributed by atoms with Gasteiger partial charge in [-0.25, -0.2) is 0 Å². The Labute approximate surface area is 252 Å². The summed E-state index contributed by atoms with van der Waals surface area (Å²) < 4.78 is 60.5. The quantitative estimate of drug-likeness (QED) is 0.345. The van der Waals surface area contributed by atoms with E-state index in [0.29, 0.717) is 12.3 Å². The molecule has 0 aliphatic carbocycles. The van der Waals surface area contributed by atoms with Crippen LogP contribution in [0.25, 0.3) is 22.0 Å². The maximum Gasteiger partial charge on any atom is 0.573 e. The molecule has 0 amide bonds. The van der Waals surface area contributed by atoms with Crippen LogP contribution < -0.4 is 40.8 Å². The lowest BCUT2D eigenvalue weighted by atomic mass is 9.94. The summed E-state index contributed by atoms with van der Waals surface area (Å²) in [5, 5.41) is 12.8. The number of aryl methyl sites for hydroxylation is 2. The van der Waals surface area contributed by atoms with Gasteiger partial charge in [-0.05, 0) is 53.6 Å². The highest BCUT2D eigenvalue weighted by Gasteiger charge is 2.32. The van der Waals surface area contributed by atoms with Gasteiger partial charge >= 0.3 is 6.36 Å². The lowest BCUT2D eigenvalue weighted by molar-refractivity contribution is -0.686. The van der Waals surface area contributed by atoms with Gasteiger partial charge in [-0.15, -0.1) is 13.2 Å². The van der Waals surface area contributed by atoms with Gasteiger partial charge in [0.15, 0.2) is 35.7 Å². The second-order valence-corrected chi connectivity index (χ2v) is 10.7. The van der Waals surface area contributed by atoms with E-state index in [4.69, 9.17) is 14.2 Å². The molecule has 7 rings (SSSR count). The second-order valence-electron chi connectivity index (χ2n) is 10.7. The number of hydrogen-bond donors (Lipinski definition) is 1. The van der Waals surface area contributed by atoms with E-state index in [2.05, 4.69) is 31.2 Å². The number of ether oxygens (including phenoxy) is 4. The van der Waals surface area contributed by atoms with E-state index in [-0.39, 0.29) is 30.7 Å². The second kappa shape index (κ2) is 11.2. The van der Waals surface area contributed by atoms with Crippen LogP contribution in [0.2, 0.25) is 0 Å². The predicted molar refractivity (Wildman–Crippen MR) is 148 cm³/mol. The first-order valence-electron chi connectivity index (χ1n) is 13.8. The van der Waals surface area contributed by atoms with E-state index < -0.39 is 6.36 Å². The molecule has 1 aromatic heterocycles. The van der Waals surface area contributed by atoms with E-state index >= 15 is 0 Å². The van der Waals surface area contributed by atoms with Crippen LogP contribution in [0.5, 0.6) is 28.7 Å². The van der Waals surface area contributed by atoms with Crippen LogP contribution in [-0.2, 0) is 19.5 Å². The van der Waals surface area contributed by atoms with Crippen molar-refractivity contribution in [1.82, 2.24) is 4.90 Å². The van der Waals surface area contributed by atoms with Gasteiger partial charge < -0.3 is 41.4 Å². The first kappa shape index (κ1) is 29.0. The number of fused-ring (bicyclic) bond motifs is 5. The van der Waals surface area contributed by atoms with Crippen LogP contribution >= 0.6 is 0 Å². The topological polar surface area (TPSA) is 67.5 Å². The molecule has 12 heteroatoms. The predicted octanol–water partition coefficient (Wildman–Crippen LogP) is 2.02. The number of aromatic hydroxyl groups is 1. The van der Waals surface area contributed by atoms with Gasteiger partial charge in [-0.1, -0.05) is 0 Å². The molecule has 0 spiro atoms. The SMILES string of the molecule is COc1cc(CN2CCN(c3ccc(OC(F)(F)F)cc3)CC2)c2cc3[n+](cc2c1O)CCc1cc2c(cc1-3)OCO2.[Cl-]. The fourth-order valence-electron chi connectivity index (χ4n) is 6.12. The maximum absolute atomic E-state index is 12.5. The number of phenolic OH excluding ortho intramolecular Hbond substituents is 1. The number of halogens is 4. The maximum atomic E-state index is 12.5. The van der Waals surface area contributed by atoms with Crippen molar-refractivity contribution < 1.29 is 54.2 Å². The highest BCUT2D eigenvalue weighted by atomic mass is 35.5. The number of methoxy groups -OCH3 is 1. The van der Waals surface area contributed by atoms with Crippen LogP contribution in [0.1, 0.15) is 11.1 Å². The normalized spacial score (nSPS) is 16.0. The summed E-state index contributed by atoms with van der Waals surface area (Å²) in [6.07, 6.45) is -1.86. The summed E-state index contributed by atoms with van der Waals surface area (Å²) in [6.45, 7) is 4.61. The standard InChI is InChI=1S/C31H28F3N3O5.ClH/c1-39-29-13-20(16-35-8-10-36(11-9-35)21-2-4-22(5-3-21)42-31(32,33)34)23-14-26-24-15-28-27(40-18-41-28)12-19(24)6-7-37(26)17-25(23)30(29)38;/h2-5,12-15,17H,6-11,16,18H2,1H3;1H. The average molecular weight is 616 g/mol. The Morgan fingerprint density at radius 2 is 1.67 bits per heavy atom. The summed E-state index contributed by atoms with van der Waals surface area (Å²) >= 11 is 0. The summed E-state index contributed by atoms with van der Waals surface area (Å²) in [5.74, 6) is 1.82. The molecule has 8 nitrogen and oxygen atoms in total. The molecule has 1 saturated heterocycles. The van der Waals surface area contributed by atoms with Crippen molar-refractivity contribution in [2.75, 3.05) is 45.0 Å². The molecule has 0 radical (unpaired) electrons. The summed E-state index contributed by atoms with van der Waals surface area (Å²) in [5.41, 5.74) is 5.23. The first-order chi connectivity index (χ1) is 20.3. The number of benzene rings is 3. The number of rotatable bonds is 5. The Morgan fingerprint density at radius 1 is 0.953 bits per heavy atom. The minimum absolute atomic E-state index is 0. The largest absolute Gasteiger partial charge is 1.00 e. The molecule has 1 fully saturated rings. The van der Waals surface area contributed by atoms with Crippen molar-refractivity contribution in [3.63, 3.8) is 0 Å². The molecular weight excluding hydrogens is 587 g/mol. The van der Waals surface area contributed by atoms with Gasteiger partial charge in [-0.2, -0.15) is 4.57 Å². The van der Waals surface area contributed by atoms with E-state index in [1.165, 1.54) is 17.7 Å². The van der Waals surface area contributed by atoms with Crippen molar-refractivity contribution in [1.29, 1.82) is 0 Å². The number of pyridine rings is 1. The van der Waals surface area contributed by atoms with E-state index in [0.717, 1.165) is 83.9 Å². The number of piperazine rings is 1. The average Bonchev–Trinajstić information content (AvgIpc) is 3.44. The number of aromatic nitrogens is 1. The minimum Gasteiger partial charge on any atom is -1.00 e. The molecule has 0 bridgehead atoms. The Balaban J connectivity index is 0.00000329. The van der Waals surface area contributed by atoms with Crippen LogP contribution in [0, 0.1) is 0 Å². The van der Waals surface area contributed by atoms with Crippen molar-refractivity contribution >= 4 is 16.5 Å². The van der Waals surface area contributed by atoms with Crippen LogP contribution in [0.3, 0.4) is 0 Å². The summed E-state index contributed by atoms with van der Waals surface area (Å²) in [6, 6.07) is 14.1. The van der Waals surface area contributed by atoms with Gasteiger partial charge in [-0.3, -0.25) is 4.90 Å². The van der Waals surface area contributed by atoms with Crippen LogP contribution in [0.4, 0.5) is 18.9 Å². The zero-order chi connectivity index (χ0) is 29.0. The highest BCUT2D eigenvalue weighted by Crippen LogP contribution is 2.42. The van der Waals surface area contributed by atoms with Crippen molar-refractivity contribution in [2.45, 2.75) is 25.9 Å². The number of nitrogens with zero attached hydrogens (tertiary/aromatic N) is 3. The number of hydrogen-bond acceptors (Lipinski definition) is 7. The van der Waals surface area contributed by atoms with Gasteiger partial charge in [0, 0.05) is 56.3 Å². The molecule has 4 aromatic rings. The minimum atomic E-state index is -4.71. The van der Waals surface area contributed by atoms with Gasteiger partial charge in [0.25, 0.3) is 0 Å². The fraction of sp³-hybridized carbons (Fsp3) is 0.323. The summed E-state index contributed by atoms with van der Waals surface area (Å²) in [7, 11) is 1.55. The molecule has 226 valence electrons. The van der Waals surface area contributed by atoms with E-state index in [1.54, 1.807) is 19.2 Å². The third-order valence-electron chi connectivity index (χ3n) is 8.22. The summed E-state index contributed by atoms with van der Waals surface area (Å²) in [4.78, 5) is 4.49. The lowest BCUT2D eigenvalue weighted by Gasteiger charge is -2.36. The molecule has 4 heterocycles. The smallest absolute Gasteiger partial charge is 0.573 e. The van der Waals surface area contributed by atoms with E-state index in [1.807, 2.05) is 18.3 Å². The van der Waals surface area contributed by atoms with Gasteiger partial charge in [0.05, 0.1) is 18.1 Å². The van der Waals surface area contributed by atoms with Crippen molar-refractivity contribution in [2.24, 2.45) is 0 Å². The molecule has 3 aliphatic rings. The zero-order valence-electron chi connectivity index (χ0n) is 23.3. The zero-order valence-corrected chi connectivity index (χ0v) is 24.0. The molecule has 0 atom stereocenters. The Hall–Kier alpha value is -4.09. The highest BCUT2D eigenvalue weighted by molar-refractivity contribution is 5.94. The first-order valence-corrected chi connectivity index (χ1v) is 13.8. The Morgan fingerprint density at radius 3 is 2.37 bits per heavy atom. The third-order valence-corrected chi connectivity index (χ3v) is 8.22. The molecule has 0 saturated carbocycles.